The molecule has 0 spiro atoms. The van der Waals surface area contributed by atoms with Crippen LogP contribution in [0.3, 0.4) is 0 Å². The number of hydrogen-bond donors (Lipinski definition) is 0. The SMILES string of the molecule is COC(=O)c1cc(Cl)nc(C(F)F)c1OC. The fourth-order valence-corrected chi connectivity index (χ4v) is 1.34. The molecule has 0 radical (unpaired) electrons. The third-order valence-electron chi connectivity index (χ3n) is 1.78. The number of carbonyl (C=O) groups excluding carboxylic acids is 1. The van der Waals surface area contributed by atoms with E-state index in [1.165, 1.54) is 0 Å². The minimum atomic E-state index is -2.89. The molecule has 1 aromatic heterocycles. The lowest BCUT2D eigenvalue weighted by Crippen LogP contribution is -2.08. The van der Waals surface area contributed by atoms with E-state index in [2.05, 4.69) is 9.72 Å². The number of carbonyl (C=O) groups is 1. The highest BCUT2D eigenvalue weighted by atomic mass is 35.5. The largest absolute Gasteiger partial charge is 0.494 e. The highest BCUT2D eigenvalue weighted by Gasteiger charge is 2.24. The van der Waals surface area contributed by atoms with Crippen LogP contribution in [-0.4, -0.2) is 25.2 Å². The number of hydrogen-bond acceptors (Lipinski definition) is 4. The van der Waals surface area contributed by atoms with E-state index in [1.807, 2.05) is 0 Å². The van der Waals surface area contributed by atoms with Crippen LogP contribution in [0.25, 0.3) is 0 Å². The van der Waals surface area contributed by atoms with Crippen LogP contribution >= 0.6 is 11.6 Å². The van der Waals surface area contributed by atoms with Crippen LogP contribution < -0.4 is 4.74 Å². The molecule has 0 N–H and O–H groups in total. The normalized spacial score (nSPS) is 10.4. The monoisotopic (exact) mass is 251 g/mol. The summed E-state index contributed by atoms with van der Waals surface area (Å²) in [5.74, 6) is -1.14. The first-order chi connectivity index (χ1) is 7.51. The maximum absolute atomic E-state index is 12.6. The zero-order chi connectivity index (χ0) is 12.3. The molecule has 0 aliphatic carbocycles. The van der Waals surface area contributed by atoms with Gasteiger partial charge in [-0.2, -0.15) is 0 Å². The molecular weight excluding hydrogens is 244 g/mol. The summed E-state index contributed by atoms with van der Waals surface area (Å²) in [6.07, 6.45) is -2.89. The summed E-state index contributed by atoms with van der Waals surface area (Å²) in [5, 5.41) is -0.225. The number of rotatable bonds is 3. The topological polar surface area (TPSA) is 48.4 Å². The van der Waals surface area contributed by atoms with Crippen molar-refractivity contribution in [3.05, 3.63) is 22.5 Å². The maximum Gasteiger partial charge on any atom is 0.341 e. The summed E-state index contributed by atoms with van der Waals surface area (Å²) < 4.78 is 34.3. The van der Waals surface area contributed by atoms with E-state index in [-0.39, 0.29) is 16.5 Å². The highest BCUT2D eigenvalue weighted by Crippen LogP contribution is 2.32. The first-order valence-electron chi connectivity index (χ1n) is 4.12. The molecule has 0 fully saturated rings. The number of esters is 1. The summed E-state index contributed by atoms with van der Waals surface area (Å²) >= 11 is 5.52. The Hall–Kier alpha value is -1.43. The summed E-state index contributed by atoms with van der Waals surface area (Å²) in [4.78, 5) is 14.7. The van der Waals surface area contributed by atoms with E-state index in [1.54, 1.807) is 0 Å². The molecule has 1 aromatic rings. The van der Waals surface area contributed by atoms with Crippen LogP contribution in [0.15, 0.2) is 6.07 Å². The number of pyridine rings is 1. The number of ether oxygens (including phenoxy) is 2. The van der Waals surface area contributed by atoms with Crippen LogP contribution in [0.2, 0.25) is 5.15 Å². The van der Waals surface area contributed by atoms with Gasteiger partial charge >= 0.3 is 5.97 Å². The van der Waals surface area contributed by atoms with Crippen LogP contribution in [0.5, 0.6) is 5.75 Å². The summed E-state index contributed by atoms with van der Waals surface area (Å²) in [6, 6.07) is 1.11. The van der Waals surface area contributed by atoms with Gasteiger partial charge < -0.3 is 9.47 Å². The Bertz CT molecular complexity index is 412. The fourth-order valence-electron chi connectivity index (χ4n) is 1.14. The van der Waals surface area contributed by atoms with Gasteiger partial charge in [0.2, 0.25) is 0 Å². The van der Waals surface area contributed by atoms with Crippen molar-refractivity contribution in [3.8, 4) is 5.75 Å². The van der Waals surface area contributed by atoms with E-state index in [0.717, 1.165) is 20.3 Å². The second-order valence-electron chi connectivity index (χ2n) is 2.70. The Morgan fingerprint density at radius 1 is 1.50 bits per heavy atom. The van der Waals surface area contributed by atoms with Crippen molar-refractivity contribution in [3.63, 3.8) is 0 Å². The van der Waals surface area contributed by atoms with E-state index >= 15 is 0 Å². The molecule has 0 amide bonds. The van der Waals surface area contributed by atoms with Crippen molar-refractivity contribution < 1.29 is 23.0 Å². The molecule has 0 saturated heterocycles. The maximum atomic E-state index is 12.6. The molecule has 1 rings (SSSR count). The van der Waals surface area contributed by atoms with E-state index in [9.17, 15) is 13.6 Å². The fraction of sp³-hybridized carbons (Fsp3) is 0.333. The third kappa shape index (κ3) is 2.38. The van der Waals surface area contributed by atoms with Crippen molar-refractivity contribution in [2.45, 2.75) is 6.43 Å². The van der Waals surface area contributed by atoms with Gasteiger partial charge in [0.15, 0.2) is 11.4 Å². The molecule has 0 aromatic carbocycles. The Balaban J connectivity index is 3.41. The molecule has 0 unspecified atom stereocenters. The summed E-state index contributed by atoms with van der Waals surface area (Å²) in [6.45, 7) is 0. The molecule has 0 atom stereocenters. The Morgan fingerprint density at radius 3 is 2.56 bits per heavy atom. The first-order valence-corrected chi connectivity index (χ1v) is 4.50. The standard InChI is InChI=1S/C9H8ClF2NO3/c1-15-7-4(9(14)16-2)3-5(10)13-6(7)8(11)12/h3,8H,1-2H3. The second-order valence-corrected chi connectivity index (χ2v) is 3.09. The van der Waals surface area contributed by atoms with Gasteiger partial charge in [0.25, 0.3) is 6.43 Å². The van der Waals surface area contributed by atoms with Crippen molar-refractivity contribution in [2.24, 2.45) is 0 Å². The minimum absolute atomic E-state index is 0.180. The lowest BCUT2D eigenvalue weighted by Gasteiger charge is -2.11. The van der Waals surface area contributed by atoms with E-state index in [4.69, 9.17) is 16.3 Å². The van der Waals surface area contributed by atoms with Crippen LogP contribution in [0, 0.1) is 0 Å². The number of alkyl halides is 2. The second kappa shape index (κ2) is 5.07. The van der Waals surface area contributed by atoms with Gasteiger partial charge in [-0.3, -0.25) is 0 Å². The molecule has 88 valence electrons. The summed E-state index contributed by atoms with van der Waals surface area (Å²) in [5.41, 5.74) is -0.865. The van der Waals surface area contributed by atoms with E-state index < -0.39 is 18.1 Å². The van der Waals surface area contributed by atoms with E-state index in [0.29, 0.717) is 0 Å². The van der Waals surface area contributed by atoms with Crippen LogP contribution in [0.4, 0.5) is 8.78 Å². The molecule has 0 aliphatic heterocycles. The lowest BCUT2D eigenvalue weighted by molar-refractivity contribution is 0.0595. The zero-order valence-electron chi connectivity index (χ0n) is 8.46. The number of aromatic nitrogens is 1. The van der Waals surface area contributed by atoms with Gasteiger partial charge in [0.05, 0.1) is 14.2 Å². The van der Waals surface area contributed by atoms with Crippen molar-refractivity contribution in [2.75, 3.05) is 14.2 Å². The molecule has 16 heavy (non-hydrogen) atoms. The molecule has 7 heteroatoms. The predicted molar refractivity (Wildman–Crippen MR) is 52.1 cm³/mol. The third-order valence-corrected chi connectivity index (χ3v) is 1.98. The Kier molecular flexibility index (Phi) is 4.00. The first kappa shape index (κ1) is 12.6. The quantitative estimate of drug-likeness (QED) is 0.612. The number of methoxy groups -OCH3 is 2. The van der Waals surface area contributed by atoms with Gasteiger partial charge in [0.1, 0.15) is 10.7 Å². The molecule has 0 saturated carbocycles. The number of nitrogens with zero attached hydrogens (tertiary/aromatic N) is 1. The summed E-state index contributed by atoms with van der Waals surface area (Å²) in [7, 11) is 2.28. The smallest absolute Gasteiger partial charge is 0.341 e. The Labute approximate surface area is 95.1 Å². The zero-order valence-corrected chi connectivity index (χ0v) is 9.22. The van der Waals surface area contributed by atoms with Gasteiger partial charge in [-0.15, -0.1) is 0 Å². The lowest BCUT2D eigenvalue weighted by atomic mass is 10.2. The molecular formula is C9H8ClF2NO3. The average Bonchev–Trinajstić information content (AvgIpc) is 2.26. The van der Waals surface area contributed by atoms with Crippen molar-refractivity contribution in [1.82, 2.24) is 4.98 Å². The van der Waals surface area contributed by atoms with Crippen LogP contribution in [0.1, 0.15) is 22.5 Å². The van der Waals surface area contributed by atoms with Gasteiger partial charge in [-0.25, -0.2) is 18.6 Å². The van der Waals surface area contributed by atoms with Gasteiger partial charge in [-0.05, 0) is 6.07 Å². The highest BCUT2D eigenvalue weighted by molar-refractivity contribution is 6.29. The Morgan fingerprint density at radius 2 is 2.12 bits per heavy atom. The number of halogens is 3. The van der Waals surface area contributed by atoms with Gasteiger partial charge in [-0.1, -0.05) is 11.6 Å². The van der Waals surface area contributed by atoms with Crippen molar-refractivity contribution in [1.29, 1.82) is 0 Å². The van der Waals surface area contributed by atoms with Crippen molar-refractivity contribution >= 4 is 17.6 Å². The average molecular weight is 252 g/mol. The van der Waals surface area contributed by atoms with Crippen LogP contribution in [-0.2, 0) is 4.74 Å². The molecule has 4 nitrogen and oxygen atoms in total. The molecule has 1 heterocycles. The molecule has 0 bridgehead atoms. The van der Waals surface area contributed by atoms with Gasteiger partial charge in [0, 0.05) is 0 Å². The minimum Gasteiger partial charge on any atom is -0.494 e. The predicted octanol–water partition coefficient (Wildman–Crippen LogP) is 2.47. The molecule has 0 aliphatic rings.